The first-order valence-corrected chi connectivity index (χ1v) is 9.94. The molecule has 2 aromatic heterocycles. The highest BCUT2D eigenvalue weighted by Gasteiger charge is 2.39. The summed E-state index contributed by atoms with van der Waals surface area (Å²) in [7, 11) is 2.19. The Balaban J connectivity index is 1.54. The van der Waals surface area contributed by atoms with Gasteiger partial charge in [0.15, 0.2) is 0 Å². The van der Waals surface area contributed by atoms with Crippen LogP contribution in [0.2, 0.25) is 0 Å². The molecule has 2 atom stereocenters. The Morgan fingerprint density at radius 1 is 1.26 bits per heavy atom. The lowest BCUT2D eigenvalue weighted by atomic mass is 10.0. The van der Waals surface area contributed by atoms with E-state index in [1.54, 1.807) is 17.5 Å². The first-order valence-electron chi connectivity index (χ1n) is 8.25. The highest BCUT2D eigenvalue weighted by Crippen LogP contribution is 2.33. The lowest BCUT2D eigenvalue weighted by Gasteiger charge is -2.33. The van der Waals surface area contributed by atoms with Gasteiger partial charge in [-0.25, -0.2) is 4.98 Å². The SMILES string of the molecule is CN1CCCC1C1CCCN1C(=O)c1cnc(-c2cccs2)s1. The van der Waals surface area contributed by atoms with Gasteiger partial charge in [-0.15, -0.1) is 22.7 Å². The topological polar surface area (TPSA) is 36.4 Å². The van der Waals surface area contributed by atoms with Crippen molar-refractivity contribution in [2.45, 2.75) is 37.8 Å². The molecule has 2 unspecified atom stereocenters. The third kappa shape index (κ3) is 2.84. The molecule has 122 valence electrons. The molecule has 4 heterocycles. The maximum Gasteiger partial charge on any atom is 0.265 e. The van der Waals surface area contributed by atoms with E-state index in [1.165, 1.54) is 24.2 Å². The minimum atomic E-state index is 0.174. The van der Waals surface area contributed by atoms with Gasteiger partial charge >= 0.3 is 0 Å². The quantitative estimate of drug-likeness (QED) is 0.852. The number of nitrogens with zero attached hydrogens (tertiary/aromatic N) is 3. The summed E-state index contributed by atoms with van der Waals surface area (Å²) >= 11 is 3.20. The molecular formula is C17H21N3OS2. The first-order chi connectivity index (χ1) is 11.2. The highest BCUT2D eigenvalue weighted by molar-refractivity contribution is 7.21. The van der Waals surface area contributed by atoms with E-state index in [0.29, 0.717) is 12.1 Å². The van der Waals surface area contributed by atoms with E-state index in [2.05, 4.69) is 27.9 Å². The zero-order valence-electron chi connectivity index (χ0n) is 13.3. The summed E-state index contributed by atoms with van der Waals surface area (Å²) in [6.07, 6.45) is 6.49. The van der Waals surface area contributed by atoms with Crippen LogP contribution in [0.4, 0.5) is 0 Å². The molecular weight excluding hydrogens is 326 g/mol. The van der Waals surface area contributed by atoms with Gasteiger partial charge < -0.3 is 9.80 Å². The van der Waals surface area contributed by atoms with Gasteiger partial charge in [-0.2, -0.15) is 0 Å². The van der Waals surface area contributed by atoms with Crippen LogP contribution in [0.3, 0.4) is 0 Å². The fraction of sp³-hybridized carbons (Fsp3) is 0.529. The molecule has 2 aliphatic heterocycles. The Bertz CT molecular complexity index is 682. The molecule has 0 radical (unpaired) electrons. The number of hydrogen-bond donors (Lipinski definition) is 0. The molecule has 2 aromatic rings. The molecule has 4 nitrogen and oxygen atoms in total. The van der Waals surface area contributed by atoms with E-state index in [9.17, 15) is 4.79 Å². The summed E-state index contributed by atoms with van der Waals surface area (Å²) in [5.41, 5.74) is 0. The van der Waals surface area contributed by atoms with Crippen molar-refractivity contribution in [2.75, 3.05) is 20.1 Å². The minimum Gasteiger partial charge on any atom is -0.333 e. The maximum atomic E-state index is 13.0. The number of amides is 1. The lowest BCUT2D eigenvalue weighted by molar-refractivity contribution is 0.0669. The third-order valence-electron chi connectivity index (χ3n) is 5.03. The summed E-state index contributed by atoms with van der Waals surface area (Å²) in [5, 5.41) is 3.00. The predicted molar refractivity (Wildman–Crippen MR) is 95.1 cm³/mol. The first kappa shape index (κ1) is 15.3. The number of likely N-dealkylation sites (tertiary alicyclic amines) is 2. The number of likely N-dealkylation sites (N-methyl/N-ethyl adjacent to an activating group) is 1. The molecule has 23 heavy (non-hydrogen) atoms. The van der Waals surface area contributed by atoms with Crippen molar-refractivity contribution < 1.29 is 4.79 Å². The monoisotopic (exact) mass is 347 g/mol. The van der Waals surface area contributed by atoms with Crippen LogP contribution in [0.15, 0.2) is 23.7 Å². The van der Waals surface area contributed by atoms with Crippen LogP contribution in [0.25, 0.3) is 9.88 Å². The molecule has 0 N–H and O–H groups in total. The van der Waals surface area contributed by atoms with Crippen LogP contribution in [0.5, 0.6) is 0 Å². The summed E-state index contributed by atoms with van der Waals surface area (Å²) in [5.74, 6) is 0.174. The average Bonchev–Trinajstić information content (AvgIpc) is 3.31. The normalized spacial score (nSPS) is 25.3. The largest absolute Gasteiger partial charge is 0.333 e. The van der Waals surface area contributed by atoms with Gasteiger partial charge in [0.05, 0.1) is 11.1 Å². The Labute approximate surface area is 144 Å². The van der Waals surface area contributed by atoms with E-state index in [-0.39, 0.29) is 5.91 Å². The van der Waals surface area contributed by atoms with Crippen molar-refractivity contribution in [3.8, 4) is 9.88 Å². The van der Waals surface area contributed by atoms with E-state index in [1.807, 2.05) is 11.4 Å². The van der Waals surface area contributed by atoms with Crippen molar-refractivity contribution in [3.63, 3.8) is 0 Å². The molecule has 0 aromatic carbocycles. The van der Waals surface area contributed by atoms with Crippen LogP contribution in [0.1, 0.15) is 35.4 Å². The standard InChI is InChI=1S/C17H21N3OS2/c1-19-8-2-5-12(19)13-6-3-9-20(13)17(21)15-11-18-16(23-15)14-7-4-10-22-14/h4,7,10-13H,2-3,5-6,8-9H2,1H3. The number of rotatable bonds is 3. The summed E-state index contributed by atoms with van der Waals surface area (Å²) in [4.78, 5) is 23.9. The zero-order chi connectivity index (χ0) is 15.8. The van der Waals surface area contributed by atoms with Gasteiger partial charge in [0, 0.05) is 18.6 Å². The molecule has 1 amide bonds. The molecule has 0 saturated carbocycles. The zero-order valence-corrected chi connectivity index (χ0v) is 14.9. The number of carbonyl (C=O) groups is 1. The van der Waals surface area contributed by atoms with Crippen molar-refractivity contribution in [1.82, 2.24) is 14.8 Å². The van der Waals surface area contributed by atoms with Gasteiger partial charge in [-0.3, -0.25) is 4.79 Å². The Hall–Kier alpha value is -1.24. The van der Waals surface area contributed by atoms with E-state index in [0.717, 1.165) is 40.7 Å². The maximum absolute atomic E-state index is 13.0. The van der Waals surface area contributed by atoms with E-state index < -0.39 is 0 Å². The second-order valence-electron chi connectivity index (χ2n) is 6.41. The molecule has 0 spiro atoms. The highest BCUT2D eigenvalue weighted by atomic mass is 32.1. The molecule has 0 bridgehead atoms. The van der Waals surface area contributed by atoms with Crippen LogP contribution in [0, 0.1) is 0 Å². The third-order valence-corrected chi connectivity index (χ3v) is 7.05. The average molecular weight is 348 g/mol. The number of hydrogen-bond acceptors (Lipinski definition) is 5. The van der Waals surface area contributed by atoms with Crippen LogP contribution < -0.4 is 0 Å². The molecule has 2 saturated heterocycles. The van der Waals surface area contributed by atoms with Crippen molar-refractivity contribution in [3.05, 3.63) is 28.6 Å². The summed E-state index contributed by atoms with van der Waals surface area (Å²) in [6.45, 7) is 2.05. The second kappa shape index (κ2) is 6.34. The fourth-order valence-electron chi connectivity index (χ4n) is 3.90. The Kier molecular flexibility index (Phi) is 4.22. The molecule has 6 heteroatoms. The van der Waals surface area contributed by atoms with E-state index >= 15 is 0 Å². The van der Waals surface area contributed by atoms with Gasteiger partial charge in [-0.1, -0.05) is 6.07 Å². The smallest absolute Gasteiger partial charge is 0.265 e. The van der Waals surface area contributed by atoms with Crippen LogP contribution in [-0.2, 0) is 0 Å². The van der Waals surface area contributed by atoms with Gasteiger partial charge in [-0.05, 0) is 50.7 Å². The van der Waals surface area contributed by atoms with Crippen molar-refractivity contribution in [1.29, 1.82) is 0 Å². The number of thiazole rings is 1. The molecule has 0 aliphatic carbocycles. The van der Waals surface area contributed by atoms with E-state index in [4.69, 9.17) is 0 Å². The summed E-state index contributed by atoms with van der Waals surface area (Å²) in [6, 6.07) is 4.99. The van der Waals surface area contributed by atoms with Gasteiger partial charge in [0.2, 0.25) is 0 Å². The summed E-state index contributed by atoms with van der Waals surface area (Å²) < 4.78 is 0. The fourth-order valence-corrected chi connectivity index (χ4v) is 5.57. The number of carbonyl (C=O) groups excluding carboxylic acids is 1. The minimum absolute atomic E-state index is 0.174. The van der Waals surface area contributed by atoms with Gasteiger partial charge in [0.1, 0.15) is 9.88 Å². The number of aromatic nitrogens is 1. The Morgan fingerprint density at radius 3 is 2.83 bits per heavy atom. The van der Waals surface area contributed by atoms with Crippen molar-refractivity contribution >= 4 is 28.6 Å². The molecule has 2 fully saturated rings. The predicted octanol–water partition coefficient (Wildman–Crippen LogP) is 3.57. The van der Waals surface area contributed by atoms with Crippen LogP contribution in [-0.4, -0.2) is 52.9 Å². The number of thiophene rings is 1. The van der Waals surface area contributed by atoms with Gasteiger partial charge in [0.25, 0.3) is 5.91 Å². The molecule has 2 aliphatic rings. The lowest BCUT2D eigenvalue weighted by Crippen LogP contribution is -2.46. The Morgan fingerprint density at radius 2 is 2.09 bits per heavy atom. The van der Waals surface area contributed by atoms with Crippen molar-refractivity contribution in [2.24, 2.45) is 0 Å². The molecule has 4 rings (SSSR count). The second-order valence-corrected chi connectivity index (χ2v) is 8.38. The van der Waals surface area contributed by atoms with Crippen LogP contribution >= 0.6 is 22.7 Å².